The number of carboxylic acid groups (broad SMARTS) is 1. The molecule has 0 aliphatic carbocycles. The largest absolute Gasteiger partial charge is 0.478 e. The molecule has 0 saturated carbocycles. The maximum absolute atomic E-state index is 11.0. The van der Waals surface area contributed by atoms with Crippen molar-refractivity contribution < 1.29 is 14.6 Å². The molecule has 1 atom stereocenters. The number of aromatic carboxylic acids is 1. The van der Waals surface area contributed by atoms with Gasteiger partial charge in [-0.15, -0.1) is 0 Å². The minimum Gasteiger partial charge on any atom is -0.478 e. The van der Waals surface area contributed by atoms with Crippen molar-refractivity contribution in [2.75, 3.05) is 25.1 Å². The van der Waals surface area contributed by atoms with Gasteiger partial charge in [0.15, 0.2) is 0 Å². The first kappa shape index (κ1) is 13.8. The van der Waals surface area contributed by atoms with Gasteiger partial charge >= 0.3 is 5.97 Å². The highest BCUT2D eigenvalue weighted by molar-refractivity contribution is 5.88. The highest BCUT2D eigenvalue weighted by Gasteiger charge is 2.15. The van der Waals surface area contributed by atoms with Gasteiger partial charge in [0, 0.05) is 25.5 Å². The fourth-order valence-electron chi connectivity index (χ4n) is 2.20. The van der Waals surface area contributed by atoms with E-state index in [4.69, 9.17) is 9.84 Å². The fraction of sp³-hybridized carbons (Fsp3) is 0.571. The summed E-state index contributed by atoms with van der Waals surface area (Å²) in [7, 11) is 0. The maximum atomic E-state index is 11.0. The zero-order valence-electron chi connectivity index (χ0n) is 11.2. The molecular formula is C14H20N2O3. The van der Waals surface area contributed by atoms with Crippen molar-refractivity contribution in [3.63, 3.8) is 0 Å². The summed E-state index contributed by atoms with van der Waals surface area (Å²) >= 11 is 0. The number of anilines is 1. The van der Waals surface area contributed by atoms with Crippen LogP contribution in [0.15, 0.2) is 12.1 Å². The molecule has 2 N–H and O–H groups in total. The average molecular weight is 264 g/mol. The molecule has 0 aromatic carbocycles. The molecule has 104 valence electrons. The first-order valence-corrected chi connectivity index (χ1v) is 6.75. The second kappa shape index (κ2) is 6.52. The molecule has 1 aromatic rings. The van der Waals surface area contributed by atoms with E-state index < -0.39 is 5.97 Å². The van der Waals surface area contributed by atoms with Gasteiger partial charge in [0.05, 0.1) is 5.56 Å². The van der Waals surface area contributed by atoms with Crippen molar-refractivity contribution in [3.8, 4) is 0 Å². The van der Waals surface area contributed by atoms with Crippen LogP contribution in [0.1, 0.15) is 35.8 Å². The van der Waals surface area contributed by atoms with Crippen molar-refractivity contribution >= 4 is 11.8 Å². The first-order chi connectivity index (χ1) is 9.19. The Kier molecular flexibility index (Phi) is 4.74. The third kappa shape index (κ3) is 3.92. The molecule has 0 spiro atoms. The van der Waals surface area contributed by atoms with Crippen LogP contribution in [-0.2, 0) is 11.2 Å². The molecule has 19 heavy (non-hydrogen) atoms. The number of nitrogens with one attached hydrogen (secondary N) is 1. The van der Waals surface area contributed by atoms with Gasteiger partial charge in [-0.1, -0.05) is 6.92 Å². The van der Waals surface area contributed by atoms with Gasteiger partial charge in [-0.05, 0) is 37.3 Å². The maximum Gasteiger partial charge on any atom is 0.335 e. The lowest BCUT2D eigenvalue weighted by Crippen LogP contribution is -2.11. The zero-order valence-corrected chi connectivity index (χ0v) is 11.2. The standard InChI is InChI=1S/C14H20N2O3/c1-2-12-7-11(14(17)18)8-13(16-12)15-5-3-10-4-6-19-9-10/h7-8,10H,2-6,9H2,1H3,(H,15,16)(H,17,18). The van der Waals surface area contributed by atoms with Gasteiger partial charge in [-0.25, -0.2) is 9.78 Å². The quantitative estimate of drug-likeness (QED) is 0.824. The van der Waals surface area contributed by atoms with E-state index in [1.165, 1.54) is 0 Å². The van der Waals surface area contributed by atoms with Gasteiger partial charge in [0.2, 0.25) is 0 Å². The van der Waals surface area contributed by atoms with Gasteiger partial charge in [-0.2, -0.15) is 0 Å². The Balaban J connectivity index is 1.94. The second-order valence-electron chi connectivity index (χ2n) is 4.84. The Morgan fingerprint density at radius 3 is 3.05 bits per heavy atom. The summed E-state index contributed by atoms with van der Waals surface area (Å²) in [5.74, 6) is 0.348. The van der Waals surface area contributed by atoms with Crippen LogP contribution >= 0.6 is 0 Å². The molecule has 5 nitrogen and oxygen atoms in total. The number of aromatic nitrogens is 1. The number of carboxylic acids is 1. The number of hydrogen-bond donors (Lipinski definition) is 2. The van der Waals surface area contributed by atoms with Crippen molar-refractivity contribution in [2.45, 2.75) is 26.2 Å². The smallest absolute Gasteiger partial charge is 0.335 e. The lowest BCUT2D eigenvalue weighted by atomic mass is 10.1. The molecule has 5 heteroatoms. The Morgan fingerprint density at radius 2 is 2.42 bits per heavy atom. The molecule has 1 unspecified atom stereocenters. The third-order valence-electron chi connectivity index (χ3n) is 3.37. The molecule has 2 rings (SSSR count). The van der Waals surface area contributed by atoms with Crippen LogP contribution in [0.5, 0.6) is 0 Å². The fourth-order valence-corrected chi connectivity index (χ4v) is 2.20. The van der Waals surface area contributed by atoms with Crippen LogP contribution in [0.3, 0.4) is 0 Å². The van der Waals surface area contributed by atoms with E-state index in [9.17, 15) is 4.79 Å². The van der Waals surface area contributed by atoms with Crippen molar-refractivity contribution in [2.24, 2.45) is 5.92 Å². The summed E-state index contributed by atoms with van der Waals surface area (Å²) in [5.41, 5.74) is 1.09. The van der Waals surface area contributed by atoms with E-state index in [1.54, 1.807) is 12.1 Å². The Labute approximate surface area is 113 Å². The van der Waals surface area contributed by atoms with Crippen molar-refractivity contribution in [1.82, 2.24) is 4.98 Å². The summed E-state index contributed by atoms with van der Waals surface area (Å²) < 4.78 is 5.33. The molecule has 1 aromatic heterocycles. The van der Waals surface area contributed by atoms with E-state index in [-0.39, 0.29) is 0 Å². The number of nitrogens with zero attached hydrogens (tertiary/aromatic N) is 1. The van der Waals surface area contributed by atoms with Crippen LogP contribution in [0, 0.1) is 5.92 Å². The lowest BCUT2D eigenvalue weighted by Gasteiger charge is -2.11. The van der Waals surface area contributed by atoms with Crippen LogP contribution < -0.4 is 5.32 Å². The van der Waals surface area contributed by atoms with Gasteiger partial charge in [-0.3, -0.25) is 0 Å². The minimum atomic E-state index is -0.913. The summed E-state index contributed by atoms with van der Waals surface area (Å²) in [6, 6.07) is 3.21. The first-order valence-electron chi connectivity index (χ1n) is 6.75. The van der Waals surface area contributed by atoms with Crippen LogP contribution in [0.25, 0.3) is 0 Å². The predicted octanol–water partition coefficient (Wildman–Crippen LogP) is 2.18. The predicted molar refractivity (Wildman–Crippen MR) is 72.6 cm³/mol. The number of rotatable bonds is 6. The van der Waals surface area contributed by atoms with Gasteiger partial charge in [0.1, 0.15) is 5.82 Å². The van der Waals surface area contributed by atoms with Crippen LogP contribution in [0.2, 0.25) is 0 Å². The number of ether oxygens (including phenoxy) is 1. The Hall–Kier alpha value is -1.62. The van der Waals surface area contributed by atoms with E-state index in [0.717, 1.165) is 44.7 Å². The molecule has 0 radical (unpaired) electrons. The highest BCUT2D eigenvalue weighted by Crippen LogP contribution is 2.17. The van der Waals surface area contributed by atoms with Crippen molar-refractivity contribution in [3.05, 3.63) is 23.4 Å². The SMILES string of the molecule is CCc1cc(C(=O)O)cc(NCCC2CCOC2)n1. The molecular weight excluding hydrogens is 244 g/mol. The monoisotopic (exact) mass is 264 g/mol. The molecule has 0 amide bonds. The van der Waals surface area contributed by atoms with E-state index in [1.807, 2.05) is 6.92 Å². The second-order valence-corrected chi connectivity index (χ2v) is 4.84. The van der Waals surface area contributed by atoms with Crippen molar-refractivity contribution in [1.29, 1.82) is 0 Å². The Bertz CT molecular complexity index is 442. The van der Waals surface area contributed by atoms with E-state index in [0.29, 0.717) is 17.3 Å². The summed E-state index contributed by atoms with van der Waals surface area (Å²) in [6.45, 7) is 4.46. The molecule has 1 saturated heterocycles. The number of carbonyl (C=O) groups is 1. The van der Waals surface area contributed by atoms with Crippen LogP contribution in [-0.4, -0.2) is 35.8 Å². The van der Waals surface area contributed by atoms with Gasteiger partial charge < -0.3 is 15.2 Å². The number of pyridine rings is 1. The molecule has 2 heterocycles. The topological polar surface area (TPSA) is 71.5 Å². The Morgan fingerprint density at radius 1 is 1.58 bits per heavy atom. The van der Waals surface area contributed by atoms with E-state index >= 15 is 0 Å². The molecule has 0 bridgehead atoms. The normalized spacial score (nSPS) is 18.5. The minimum absolute atomic E-state index is 0.290. The van der Waals surface area contributed by atoms with E-state index in [2.05, 4.69) is 10.3 Å². The van der Waals surface area contributed by atoms with Crippen LogP contribution in [0.4, 0.5) is 5.82 Å². The zero-order chi connectivity index (χ0) is 13.7. The summed E-state index contributed by atoms with van der Waals surface area (Å²) in [6.07, 6.45) is 2.87. The number of aryl methyl sites for hydroxylation is 1. The third-order valence-corrected chi connectivity index (χ3v) is 3.37. The summed E-state index contributed by atoms with van der Waals surface area (Å²) in [5, 5.41) is 12.3. The molecule has 1 aliphatic rings. The van der Waals surface area contributed by atoms with Gasteiger partial charge in [0.25, 0.3) is 0 Å². The molecule has 1 fully saturated rings. The summed E-state index contributed by atoms with van der Waals surface area (Å²) in [4.78, 5) is 15.4. The average Bonchev–Trinajstić information content (AvgIpc) is 2.91. The molecule has 1 aliphatic heterocycles. The highest BCUT2D eigenvalue weighted by atomic mass is 16.5. The number of hydrogen-bond acceptors (Lipinski definition) is 4. The lowest BCUT2D eigenvalue weighted by molar-refractivity contribution is 0.0696.